The zero-order valence-corrected chi connectivity index (χ0v) is 15.1. The van der Waals surface area contributed by atoms with Crippen LogP contribution in [0.2, 0.25) is 0 Å². The number of aromatic amines is 1. The second-order valence-corrected chi connectivity index (χ2v) is 6.79. The van der Waals surface area contributed by atoms with Crippen LogP contribution < -0.4 is 0 Å². The molecule has 0 amide bonds. The van der Waals surface area contributed by atoms with Crippen LogP contribution in [0.25, 0.3) is 0 Å². The number of H-pyrrole nitrogens is 1. The summed E-state index contributed by atoms with van der Waals surface area (Å²) < 4.78 is 12.4. The zero-order valence-electron chi connectivity index (χ0n) is 15.1. The average molecular weight is 364 g/mol. The third kappa shape index (κ3) is 4.28. The molecule has 4 rings (SSSR count). The Labute approximate surface area is 159 Å². The molecule has 1 unspecified atom stereocenters. The third-order valence-electron chi connectivity index (χ3n) is 4.90. The van der Waals surface area contributed by atoms with Crippen LogP contribution in [0.15, 0.2) is 79.0 Å². The molecule has 1 aliphatic heterocycles. The van der Waals surface area contributed by atoms with E-state index in [4.69, 9.17) is 9.47 Å². The van der Waals surface area contributed by atoms with Crippen molar-refractivity contribution in [3.05, 3.63) is 95.8 Å². The summed E-state index contributed by atoms with van der Waals surface area (Å²) in [6.07, 6.45) is 1.35. The van der Waals surface area contributed by atoms with Crippen molar-refractivity contribution in [3.8, 4) is 0 Å². The van der Waals surface area contributed by atoms with Gasteiger partial charge in [-0.25, -0.2) is 0 Å². The largest absolute Gasteiger partial charge is 0.369 e. The fraction of sp³-hybridized carbons (Fsp3) is 0.273. The predicted octanol–water partition coefficient (Wildman–Crippen LogP) is 3.93. The predicted molar refractivity (Wildman–Crippen MR) is 102 cm³/mol. The maximum absolute atomic E-state index is 10.5. The van der Waals surface area contributed by atoms with Gasteiger partial charge in [0.2, 0.25) is 0 Å². The van der Waals surface area contributed by atoms with Crippen molar-refractivity contribution in [2.24, 2.45) is 0 Å². The molecular weight excluding hydrogens is 340 g/mol. The van der Waals surface area contributed by atoms with E-state index in [0.717, 1.165) is 16.8 Å². The number of nitrogens with zero attached hydrogens (tertiary/aromatic N) is 1. The highest BCUT2D eigenvalue weighted by Gasteiger charge is 2.44. The molecule has 0 aliphatic carbocycles. The minimum absolute atomic E-state index is 0.229. The van der Waals surface area contributed by atoms with Gasteiger partial charge in [0.15, 0.2) is 0 Å². The molecule has 0 spiro atoms. The number of hydrogen-bond donors (Lipinski definition) is 2. The van der Waals surface area contributed by atoms with Crippen LogP contribution in [0, 0.1) is 0 Å². The molecule has 0 bridgehead atoms. The summed E-state index contributed by atoms with van der Waals surface area (Å²) in [6, 6.07) is 23.7. The first kappa shape index (κ1) is 17.9. The Morgan fingerprint density at radius 1 is 0.852 bits per heavy atom. The highest BCUT2D eigenvalue weighted by Crippen LogP contribution is 2.34. The molecule has 1 aliphatic rings. The van der Waals surface area contributed by atoms with Crippen LogP contribution in [-0.4, -0.2) is 34.0 Å². The molecule has 140 valence electrons. The topological polar surface area (TPSA) is 57.7 Å². The highest BCUT2D eigenvalue weighted by atomic mass is 16.6. The molecular formula is C22H24N2O3. The maximum Gasteiger partial charge on any atom is 0.109 e. The van der Waals surface area contributed by atoms with E-state index in [1.807, 2.05) is 79.0 Å². The number of ether oxygens (including phenoxy) is 2. The molecule has 27 heavy (non-hydrogen) atoms. The number of nitrogens with one attached hydrogen (secondary N) is 1. The first-order valence-corrected chi connectivity index (χ1v) is 9.21. The van der Waals surface area contributed by atoms with E-state index in [-0.39, 0.29) is 18.2 Å². The van der Waals surface area contributed by atoms with E-state index in [0.29, 0.717) is 19.8 Å². The van der Waals surface area contributed by atoms with Gasteiger partial charge >= 0.3 is 0 Å². The SMILES string of the molecule is ON1C[C@H](OCc2ccccc2)[C@@H](OCc2ccccc2)C1c1ccc[nH]1. The summed E-state index contributed by atoms with van der Waals surface area (Å²) in [5, 5.41) is 11.9. The minimum atomic E-state index is -0.288. The van der Waals surface area contributed by atoms with Gasteiger partial charge in [0.25, 0.3) is 0 Å². The van der Waals surface area contributed by atoms with Crippen LogP contribution >= 0.6 is 0 Å². The summed E-state index contributed by atoms with van der Waals surface area (Å²) in [7, 11) is 0. The van der Waals surface area contributed by atoms with Gasteiger partial charge in [-0.15, -0.1) is 0 Å². The lowest BCUT2D eigenvalue weighted by Gasteiger charge is -2.25. The average Bonchev–Trinajstić information content (AvgIpc) is 3.34. The Balaban J connectivity index is 1.49. The number of rotatable bonds is 7. The fourth-order valence-electron chi connectivity index (χ4n) is 3.53. The quantitative estimate of drug-likeness (QED) is 0.667. The zero-order chi connectivity index (χ0) is 18.5. The van der Waals surface area contributed by atoms with Crippen molar-refractivity contribution in [1.29, 1.82) is 0 Å². The van der Waals surface area contributed by atoms with E-state index in [9.17, 15) is 5.21 Å². The van der Waals surface area contributed by atoms with Gasteiger partial charge in [-0.05, 0) is 23.3 Å². The summed E-state index contributed by atoms with van der Waals surface area (Å²) in [5.41, 5.74) is 3.12. The smallest absolute Gasteiger partial charge is 0.109 e. The molecule has 3 aromatic rings. The van der Waals surface area contributed by atoms with E-state index in [1.165, 1.54) is 5.06 Å². The van der Waals surface area contributed by atoms with Crippen molar-refractivity contribution < 1.29 is 14.7 Å². The first-order chi connectivity index (χ1) is 13.3. The van der Waals surface area contributed by atoms with Crippen LogP contribution in [-0.2, 0) is 22.7 Å². The number of hydrogen-bond acceptors (Lipinski definition) is 4. The molecule has 0 saturated carbocycles. The second kappa shape index (κ2) is 8.50. The van der Waals surface area contributed by atoms with Crippen LogP contribution in [0.1, 0.15) is 22.9 Å². The van der Waals surface area contributed by atoms with E-state index in [2.05, 4.69) is 4.98 Å². The lowest BCUT2D eigenvalue weighted by molar-refractivity contribution is -0.127. The van der Waals surface area contributed by atoms with Crippen molar-refractivity contribution in [2.45, 2.75) is 31.5 Å². The molecule has 2 aromatic carbocycles. The maximum atomic E-state index is 10.5. The van der Waals surface area contributed by atoms with Crippen LogP contribution in [0.4, 0.5) is 0 Å². The normalized spacial score (nSPS) is 22.9. The molecule has 1 saturated heterocycles. The van der Waals surface area contributed by atoms with Crippen molar-refractivity contribution >= 4 is 0 Å². The van der Waals surface area contributed by atoms with Crippen LogP contribution in [0.3, 0.4) is 0 Å². The summed E-state index contributed by atoms with van der Waals surface area (Å²) >= 11 is 0. The molecule has 1 fully saturated rings. The summed E-state index contributed by atoms with van der Waals surface area (Å²) in [5.74, 6) is 0. The molecule has 0 radical (unpaired) electrons. The lowest BCUT2D eigenvalue weighted by Crippen LogP contribution is -2.32. The van der Waals surface area contributed by atoms with Gasteiger partial charge in [-0.1, -0.05) is 60.7 Å². The highest BCUT2D eigenvalue weighted by molar-refractivity contribution is 5.17. The van der Waals surface area contributed by atoms with E-state index < -0.39 is 0 Å². The molecule has 3 atom stereocenters. The van der Waals surface area contributed by atoms with Crippen molar-refractivity contribution in [1.82, 2.24) is 10.0 Å². The monoisotopic (exact) mass is 364 g/mol. The molecule has 2 heterocycles. The Bertz CT molecular complexity index is 808. The fourth-order valence-corrected chi connectivity index (χ4v) is 3.53. The number of benzene rings is 2. The standard InChI is InChI=1S/C22H24N2O3/c25-24-14-20(26-15-17-8-3-1-4-9-17)22(21(24)19-12-7-13-23-19)27-16-18-10-5-2-6-11-18/h1-13,20-23,25H,14-16H2/t20-,21?,22+/m0/s1. The van der Waals surface area contributed by atoms with Gasteiger partial charge in [0.05, 0.1) is 19.8 Å². The Morgan fingerprint density at radius 3 is 2.07 bits per heavy atom. The Kier molecular flexibility index (Phi) is 5.65. The van der Waals surface area contributed by atoms with Gasteiger partial charge < -0.3 is 19.7 Å². The van der Waals surface area contributed by atoms with E-state index >= 15 is 0 Å². The third-order valence-corrected chi connectivity index (χ3v) is 4.90. The minimum Gasteiger partial charge on any atom is -0.369 e. The summed E-state index contributed by atoms with van der Waals surface area (Å²) in [4.78, 5) is 3.19. The molecule has 5 heteroatoms. The van der Waals surface area contributed by atoms with Gasteiger partial charge in [-0.2, -0.15) is 5.06 Å². The van der Waals surface area contributed by atoms with E-state index in [1.54, 1.807) is 0 Å². The lowest BCUT2D eigenvalue weighted by atomic mass is 10.1. The Hall–Kier alpha value is -2.44. The van der Waals surface area contributed by atoms with Crippen molar-refractivity contribution in [3.63, 3.8) is 0 Å². The second-order valence-electron chi connectivity index (χ2n) is 6.79. The molecule has 2 N–H and O–H groups in total. The molecule has 5 nitrogen and oxygen atoms in total. The van der Waals surface area contributed by atoms with Crippen molar-refractivity contribution in [2.75, 3.05) is 6.54 Å². The van der Waals surface area contributed by atoms with Gasteiger partial charge in [-0.3, -0.25) is 0 Å². The van der Waals surface area contributed by atoms with Crippen LogP contribution in [0.5, 0.6) is 0 Å². The van der Waals surface area contributed by atoms with Gasteiger partial charge in [0, 0.05) is 11.9 Å². The summed E-state index contributed by atoms with van der Waals surface area (Å²) in [6.45, 7) is 1.36. The Morgan fingerprint density at radius 2 is 1.48 bits per heavy atom. The van der Waals surface area contributed by atoms with Gasteiger partial charge in [0.1, 0.15) is 18.2 Å². The first-order valence-electron chi connectivity index (χ1n) is 9.21. The number of hydroxylamine groups is 2. The number of aromatic nitrogens is 1. The molecule has 1 aromatic heterocycles.